The average molecular weight is 184 g/mol. The van der Waals surface area contributed by atoms with Crippen molar-refractivity contribution in [1.82, 2.24) is 0 Å². The van der Waals surface area contributed by atoms with E-state index < -0.39 is 11.1 Å². The minimum atomic E-state index is -1.86. The molecule has 0 aliphatic rings. The van der Waals surface area contributed by atoms with Crippen LogP contribution in [0.2, 0.25) is 0 Å². The molecular formula is C9H12O2S. The lowest BCUT2D eigenvalue weighted by molar-refractivity contribution is 0.562. The highest BCUT2D eigenvalue weighted by Crippen LogP contribution is 2.20. The van der Waals surface area contributed by atoms with Gasteiger partial charge in [-0.1, -0.05) is 32.0 Å². The standard InChI is InChI=1S/C9H12O2S/c1-7(2)8-5-3-4-6-9(8)12(10)11/h3-7H,1-2H3,(H,10,11). The zero-order valence-corrected chi connectivity index (χ0v) is 7.97. The van der Waals surface area contributed by atoms with E-state index in [1.165, 1.54) is 0 Å². The smallest absolute Gasteiger partial charge is 0.186 e. The average Bonchev–Trinajstić information content (AvgIpc) is 2.04. The van der Waals surface area contributed by atoms with Gasteiger partial charge in [-0.05, 0) is 17.5 Å². The van der Waals surface area contributed by atoms with Crippen molar-refractivity contribution in [2.45, 2.75) is 24.7 Å². The molecule has 0 saturated heterocycles. The molecular weight excluding hydrogens is 172 g/mol. The number of hydrogen-bond donors (Lipinski definition) is 1. The molecule has 0 radical (unpaired) electrons. The Hall–Kier alpha value is -0.670. The summed E-state index contributed by atoms with van der Waals surface area (Å²) in [6, 6.07) is 7.22. The minimum Gasteiger partial charge on any atom is -0.302 e. The first-order chi connectivity index (χ1) is 5.63. The van der Waals surface area contributed by atoms with Gasteiger partial charge in [0.1, 0.15) is 0 Å². The molecule has 0 aromatic heterocycles. The van der Waals surface area contributed by atoms with E-state index in [-0.39, 0.29) is 5.92 Å². The van der Waals surface area contributed by atoms with Crippen LogP contribution < -0.4 is 0 Å². The van der Waals surface area contributed by atoms with Crippen LogP contribution in [-0.2, 0) is 11.1 Å². The van der Waals surface area contributed by atoms with Crippen molar-refractivity contribution in [2.24, 2.45) is 0 Å². The van der Waals surface area contributed by atoms with Gasteiger partial charge >= 0.3 is 0 Å². The third kappa shape index (κ3) is 1.93. The van der Waals surface area contributed by atoms with E-state index in [2.05, 4.69) is 0 Å². The second-order valence-corrected chi connectivity index (χ2v) is 3.88. The summed E-state index contributed by atoms with van der Waals surface area (Å²) in [5.41, 5.74) is 0.943. The van der Waals surface area contributed by atoms with Crippen molar-refractivity contribution in [3.05, 3.63) is 29.8 Å². The highest BCUT2D eigenvalue weighted by atomic mass is 32.2. The predicted molar refractivity (Wildman–Crippen MR) is 49.6 cm³/mol. The van der Waals surface area contributed by atoms with Crippen LogP contribution in [0, 0.1) is 0 Å². The minimum absolute atomic E-state index is 0.289. The number of rotatable bonds is 2. The molecule has 1 aromatic rings. The second kappa shape index (κ2) is 3.83. The Morgan fingerprint density at radius 1 is 1.33 bits per heavy atom. The Morgan fingerprint density at radius 3 is 2.33 bits per heavy atom. The fraction of sp³-hybridized carbons (Fsp3) is 0.333. The summed E-state index contributed by atoms with van der Waals surface area (Å²) in [6.07, 6.45) is 0. The van der Waals surface area contributed by atoms with Crippen molar-refractivity contribution in [1.29, 1.82) is 0 Å². The second-order valence-electron chi connectivity index (χ2n) is 2.94. The van der Waals surface area contributed by atoms with Crippen molar-refractivity contribution in [3.63, 3.8) is 0 Å². The van der Waals surface area contributed by atoms with Crippen molar-refractivity contribution in [2.75, 3.05) is 0 Å². The van der Waals surface area contributed by atoms with E-state index >= 15 is 0 Å². The Kier molecular flexibility index (Phi) is 3.00. The van der Waals surface area contributed by atoms with Crippen LogP contribution in [-0.4, -0.2) is 8.76 Å². The SMILES string of the molecule is CC(C)c1ccccc1S(=O)O. The fourth-order valence-corrected chi connectivity index (χ4v) is 1.82. The number of hydrogen-bond acceptors (Lipinski definition) is 1. The van der Waals surface area contributed by atoms with Crippen LogP contribution in [0.1, 0.15) is 25.3 Å². The summed E-state index contributed by atoms with van der Waals surface area (Å²) in [5, 5.41) is 0. The molecule has 2 nitrogen and oxygen atoms in total. The van der Waals surface area contributed by atoms with Crippen LogP contribution in [0.25, 0.3) is 0 Å². The van der Waals surface area contributed by atoms with Crippen LogP contribution in [0.15, 0.2) is 29.2 Å². The molecule has 3 heteroatoms. The first-order valence-corrected chi connectivity index (χ1v) is 4.93. The van der Waals surface area contributed by atoms with Gasteiger partial charge in [-0.25, -0.2) is 4.21 Å². The fourth-order valence-electron chi connectivity index (χ4n) is 1.12. The quantitative estimate of drug-likeness (QED) is 0.716. The maximum Gasteiger partial charge on any atom is 0.186 e. The first kappa shape index (κ1) is 9.42. The molecule has 0 aliphatic carbocycles. The van der Waals surface area contributed by atoms with E-state index in [1.54, 1.807) is 12.1 Å². The Balaban J connectivity index is 3.17. The molecule has 0 spiro atoms. The maximum absolute atomic E-state index is 10.8. The van der Waals surface area contributed by atoms with E-state index in [9.17, 15) is 4.21 Å². The summed E-state index contributed by atoms with van der Waals surface area (Å²) < 4.78 is 19.8. The predicted octanol–water partition coefficient (Wildman–Crippen LogP) is 2.39. The highest BCUT2D eigenvalue weighted by molar-refractivity contribution is 7.79. The van der Waals surface area contributed by atoms with Crippen LogP contribution in [0.3, 0.4) is 0 Å². The Bertz CT molecular complexity index is 294. The van der Waals surface area contributed by atoms with Crippen LogP contribution in [0.4, 0.5) is 0 Å². The normalized spacial score (nSPS) is 13.3. The molecule has 0 saturated carbocycles. The van der Waals surface area contributed by atoms with Gasteiger partial charge in [-0.3, -0.25) is 0 Å². The molecule has 0 aliphatic heterocycles. The third-order valence-electron chi connectivity index (χ3n) is 1.73. The molecule has 0 amide bonds. The zero-order chi connectivity index (χ0) is 9.14. The molecule has 0 bridgehead atoms. The van der Waals surface area contributed by atoms with Crippen LogP contribution in [0.5, 0.6) is 0 Å². The summed E-state index contributed by atoms with van der Waals surface area (Å²) in [7, 11) is 0. The highest BCUT2D eigenvalue weighted by Gasteiger charge is 2.08. The molecule has 1 unspecified atom stereocenters. The molecule has 12 heavy (non-hydrogen) atoms. The van der Waals surface area contributed by atoms with Gasteiger partial charge in [0.15, 0.2) is 11.1 Å². The largest absolute Gasteiger partial charge is 0.302 e. The lowest BCUT2D eigenvalue weighted by Gasteiger charge is -2.08. The van der Waals surface area contributed by atoms with E-state index in [4.69, 9.17) is 4.55 Å². The van der Waals surface area contributed by atoms with Gasteiger partial charge in [-0.15, -0.1) is 0 Å². The molecule has 0 fully saturated rings. The lowest BCUT2D eigenvalue weighted by Crippen LogP contribution is -1.97. The van der Waals surface area contributed by atoms with E-state index in [1.807, 2.05) is 26.0 Å². The van der Waals surface area contributed by atoms with Gasteiger partial charge in [0.2, 0.25) is 0 Å². The van der Waals surface area contributed by atoms with Gasteiger partial charge in [0.05, 0.1) is 4.90 Å². The monoisotopic (exact) mass is 184 g/mol. The summed E-state index contributed by atoms with van der Waals surface area (Å²) in [5.74, 6) is 0.289. The van der Waals surface area contributed by atoms with Gasteiger partial charge < -0.3 is 4.55 Å². The molecule has 66 valence electrons. The van der Waals surface area contributed by atoms with E-state index in [0.717, 1.165) is 5.56 Å². The van der Waals surface area contributed by atoms with Crippen molar-refractivity contribution in [3.8, 4) is 0 Å². The Morgan fingerprint density at radius 2 is 1.92 bits per heavy atom. The topological polar surface area (TPSA) is 37.3 Å². The molecule has 1 N–H and O–H groups in total. The van der Waals surface area contributed by atoms with Crippen LogP contribution >= 0.6 is 0 Å². The number of benzene rings is 1. The molecule has 0 heterocycles. The van der Waals surface area contributed by atoms with Gasteiger partial charge in [0.25, 0.3) is 0 Å². The summed E-state index contributed by atoms with van der Waals surface area (Å²) in [6.45, 7) is 4.01. The molecule has 1 rings (SSSR count). The molecule has 1 aromatic carbocycles. The third-order valence-corrected chi connectivity index (χ3v) is 2.48. The van der Waals surface area contributed by atoms with E-state index in [0.29, 0.717) is 4.90 Å². The lowest BCUT2D eigenvalue weighted by atomic mass is 10.0. The summed E-state index contributed by atoms with van der Waals surface area (Å²) in [4.78, 5) is 0.521. The zero-order valence-electron chi connectivity index (χ0n) is 7.15. The van der Waals surface area contributed by atoms with Gasteiger partial charge in [-0.2, -0.15) is 0 Å². The summed E-state index contributed by atoms with van der Waals surface area (Å²) >= 11 is -1.86. The first-order valence-electron chi connectivity index (χ1n) is 3.82. The molecule has 1 atom stereocenters. The van der Waals surface area contributed by atoms with Crippen molar-refractivity contribution < 1.29 is 8.76 Å². The van der Waals surface area contributed by atoms with Crippen molar-refractivity contribution >= 4 is 11.1 Å². The maximum atomic E-state index is 10.8. The van der Waals surface area contributed by atoms with Gasteiger partial charge in [0, 0.05) is 0 Å². The Labute approximate surface area is 74.9 Å².